The van der Waals surface area contributed by atoms with Gasteiger partial charge in [0, 0.05) is 24.7 Å². The highest BCUT2D eigenvalue weighted by Crippen LogP contribution is 2.24. The molecule has 110 valence electrons. The minimum absolute atomic E-state index is 0.0469. The number of nitrogens with one attached hydrogen (secondary N) is 1. The Bertz CT molecular complexity index is 475. The summed E-state index contributed by atoms with van der Waals surface area (Å²) in [6, 6.07) is 4.67. The van der Waals surface area contributed by atoms with Gasteiger partial charge in [0.15, 0.2) is 0 Å². The maximum atomic E-state index is 12.4. The molecule has 0 aromatic heterocycles. The van der Waals surface area contributed by atoms with Crippen molar-refractivity contribution in [3.05, 3.63) is 28.8 Å². The Kier molecular flexibility index (Phi) is 5.23. The fraction of sp³-hybridized carbons (Fsp3) is 0.500. The van der Waals surface area contributed by atoms with Gasteiger partial charge in [-0.15, -0.1) is 0 Å². The molecule has 1 saturated heterocycles. The summed E-state index contributed by atoms with van der Waals surface area (Å²) in [7, 11) is 0. The largest absolute Gasteiger partial charge is 0.506 e. The van der Waals surface area contributed by atoms with E-state index in [2.05, 4.69) is 5.32 Å². The van der Waals surface area contributed by atoms with Crippen LogP contribution in [0.25, 0.3) is 0 Å². The number of nitrogens with zero attached hydrogens (tertiary/aromatic N) is 1. The van der Waals surface area contributed by atoms with E-state index in [0.717, 1.165) is 19.4 Å². The Morgan fingerprint density at radius 3 is 2.90 bits per heavy atom. The van der Waals surface area contributed by atoms with Crippen LogP contribution in [0.1, 0.15) is 23.2 Å². The van der Waals surface area contributed by atoms with E-state index in [9.17, 15) is 9.90 Å². The molecule has 0 bridgehead atoms. The second-order valence-corrected chi connectivity index (χ2v) is 5.34. The van der Waals surface area contributed by atoms with Gasteiger partial charge < -0.3 is 20.4 Å². The Balaban J connectivity index is 2.10. The minimum Gasteiger partial charge on any atom is -0.506 e. The predicted octanol–water partition coefficient (Wildman–Crippen LogP) is 1.23. The first-order valence-corrected chi connectivity index (χ1v) is 7.11. The summed E-state index contributed by atoms with van der Waals surface area (Å²) in [6.07, 6.45) is 2.14. The number of rotatable bonds is 5. The molecule has 2 rings (SSSR count). The van der Waals surface area contributed by atoms with Crippen LogP contribution in [-0.4, -0.2) is 53.3 Å². The first-order valence-electron chi connectivity index (χ1n) is 6.74. The van der Waals surface area contributed by atoms with Gasteiger partial charge in [-0.3, -0.25) is 4.79 Å². The van der Waals surface area contributed by atoms with Crippen LogP contribution in [0.3, 0.4) is 0 Å². The zero-order chi connectivity index (χ0) is 14.5. The predicted molar refractivity (Wildman–Crippen MR) is 77.1 cm³/mol. The molecule has 1 unspecified atom stereocenters. The van der Waals surface area contributed by atoms with E-state index >= 15 is 0 Å². The van der Waals surface area contributed by atoms with Gasteiger partial charge in [-0.25, -0.2) is 0 Å². The first kappa shape index (κ1) is 15.1. The van der Waals surface area contributed by atoms with E-state index in [1.54, 1.807) is 4.90 Å². The van der Waals surface area contributed by atoms with Crippen LogP contribution in [-0.2, 0) is 0 Å². The van der Waals surface area contributed by atoms with Crippen molar-refractivity contribution in [3.63, 3.8) is 0 Å². The number of hydrogen-bond acceptors (Lipinski definition) is 4. The van der Waals surface area contributed by atoms with E-state index in [4.69, 9.17) is 16.7 Å². The van der Waals surface area contributed by atoms with Crippen molar-refractivity contribution in [2.24, 2.45) is 0 Å². The number of halogens is 1. The van der Waals surface area contributed by atoms with E-state index in [1.807, 2.05) is 0 Å². The van der Waals surface area contributed by atoms with Gasteiger partial charge in [0.1, 0.15) is 5.75 Å². The van der Waals surface area contributed by atoms with Crippen molar-refractivity contribution < 1.29 is 15.0 Å². The van der Waals surface area contributed by atoms with Gasteiger partial charge in [-0.2, -0.15) is 0 Å². The fourth-order valence-electron chi connectivity index (χ4n) is 2.40. The monoisotopic (exact) mass is 298 g/mol. The molecule has 0 saturated carbocycles. The second-order valence-electron chi connectivity index (χ2n) is 4.93. The summed E-state index contributed by atoms with van der Waals surface area (Å²) in [4.78, 5) is 14.0. The lowest BCUT2D eigenvalue weighted by Crippen LogP contribution is -2.42. The first-order chi connectivity index (χ1) is 9.61. The van der Waals surface area contributed by atoms with Gasteiger partial charge in [-0.05, 0) is 37.6 Å². The van der Waals surface area contributed by atoms with Crippen LogP contribution < -0.4 is 5.32 Å². The Hall–Kier alpha value is -1.30. The number of hydrogen-bond donors (Lipinski definition) is 3. The molecule has 1 fully saturated rings. The van der Waals surface area contributed by atoms with Gasteiger partial charge in [0.2, 0.25) is 0 Å². The molecular formula is C14H19ClN2O3. The Labute approximate surface area is 123 Å². The molecule has 5 nitrogen and oxygen atoms in total. The molecule has 1 atom stereocenters. The number of phenols is 1. The number of amides is 1. The van der Waals surface area contributed by atoms with Gasteiger partial charge in [-0.1, -0.05) is 11.6 Å². The topological polar surface area (TPSA) is 72.8 Å². The SMILES string of the molecule is O=C(c1ccc(O)c(Cl)c1)N(CCO)CC1CCCN1. The zero-order valence-electron chi connectivity index (χ0n) is 11.2. The summed E-state index contributed by atoms with van der Waals surface area (Å²) in [6.45, 7) is 1.74. The Morgan fingerprint density at radius 1 is 1.50 bits per heavy atom. The van der Waals surface area contributed by atoms with Crippen LogP contribution in [0.4, 0.5) is 0 Å². The smallest absolute Gasteiger partial charge is 0.254 e. The normalized spacial score (nSPS) is 18.2. The fourth-order valence-corrected chi connectivity index (χ4v) is 2.58. The lowest BCUT2D eigenvalue weighted by atomic mass is 10.1. The molecule has 3 N–H and O–H groups in total. The van der Waals surface area contributed by atoms with Gasteiger partial charge in [0.25, 0.3) is 5.91 Å². The van der Waals surface area contributed by atoms with E-state index in [-0.39, 0.29) is 35.9 Å². The zero-order valence-corrected chi connectivity index (χ0v) is 11.9. The number of benzene rings is 1. The Morgan fingerprint density at radius 2 is 2.30 bits per heavy atom. The number of carbonyl (C=O) groups excluding carboxylic acids is 1. The van der Waals surface area contributed by atoms with Crippen LogP contribution in [0.2, 0.25) is 5.02 Å². The van der Waals surface area contributed by atoms with E-state index in [0.29, 0.717) is 12.1 Å². The highest BCUT2D eigenvalue weighted by molar-refractivity contribution is 6.32. The number of aromatic hydroxyl groups is 1. The minimum atomic E-state index is -0.186. The summed E-state index contributed by atoms with van der Waals surface area (Å²) in [5.74, 6) is -0.232. The van der Waals surface area contributed by atoms with Crippen LogP contribution in [0.15, 0.2) is 18.2 Å². The molecule has 0 aliphatic carbocycles. The molecule has 20 heavy (non-hydrogen) atoms. The molecule has 0 spiro atoms. The standard InChI is InChI=1S/C14H19ClN2O3/c15-12-8-10(3-4-13(12)19)14(20)17(6-7-18)9-11-2-1-5-16-11/h3-4,8,11,16,18-19H,1-2,5-7,9H2. The number of phenolic OH excluding ortho intramolecular Hbond substituents is 1. The molecule has 1 amide bonds. The molecule has 1 aliphatic rings. The highest BCUT2D eigenvalue weighted by Gasteiger charge is 2.22. The molecule has 0 radical (unpaired) electrons. The van der Waals surface area contributed by atoms with Crippen molar-refractivity contribution in [3.8, 4) is 5.75 Å². The molecule has 1 aromatic rings. The maximum absolute atomic E-state index is 12.4. The average molecular weight is 299 g/mol. The number of aliphatic hydroxyl groups excluding tert-OH is 1. The highest BCUT2D eigenvalue weighted by atomic mass is 35.5. The maximum Gasteiger partial charge on any atom is 0.254 e. The van der Waals surface area contributed by atoms with Crippen LogP contribution in [0.5, 0.6) is 5.75 Å². The average Bonchev–Trinajstić information content (AvgIpc) is 2.93. The summed E-state index contributed by atoms with van der Waals surface area (Å²) >= 11 is 5.83. The lowest BCUT2D eigenvalue weighted by Gasteiger charge is -2.25. The van der Waals surface area contributed by atoms with Crippen molar-refractivity contribution in [1.29, 1.82) is 0 Å². The lowest BCUT2D eigenvalue weighted by molar-refractivity contribution is 0.0706. The van der Waals surface area contributed by atoms with Crippen molar-refractivity contribution in [2.75, 3.05) is 26.2 Å². The number of aliphatic hydroxyl groups is 1. The molecule has 1 heterocycles. The van der Waals surface area contributed by atoms with Crippen LogP contribution >= 0.6 is 11.6 Å². The van der Waals surface area contributed by atoms with E-state index in [1.165, 1.54) is 18.2 Å². The second kappa shape index (κ2) is 6.92. The summed E-state index contributed by atoms with van der Waals surface area (Å²) in [5, 5.41) is 22.0. The quantitative estimate of drug-likeness (QED) is 0.764. The molecular weight excluding hydrogens is 280 g/mol. The van der Waals surface area contributed by atoms with Gasteiger partial charge >= 0.3 is 0 Å². The molecule has 1 aromatic carbocycles. The molecule has 6 heteroatoms. The number of carbonyl (C=O) groups is 1. The summed E-state index contributed by atoms with van der Waals surface area (Å²) in [5.41, 5.74) is 0.416. The van der Waals surface area contributed by atoms with Gasteiger partial charge in [0.05, 0.1) is 11.6 Å². The van der Waals surface area contributed by atoms with E-state index < -0.39 is 0 Å². The summed E-state index contributed by atoms with van der Waals surface area (Å²) < 4.78 is 0. The third-order valence-electron chi connectivity index (χ3n) is 3.45. The van der Waals surface area contributed by atoms with Crippen LogP contribution in [0, 0.1) is 0 Å². The third kappa shape index (κ3) is 3.62. The van der Waals surface area contributed by atoms with Crippen molar-refractivity contribution in [1.82, 2.24) is 10.2 Å². The molecule has 1 aliphatic heterocycles. The van der Waals surface area contributed by atoms with Crippen molar-refractivity contribution >= 4 is 17.5 Å². The third-order valence-corrected chi connectivity index (χ3v) is 3.76. The van der Waals surface area contributed by atoms with Crippen molar-refractivity contribution in [2.45, 2.75) is 18.9 Å².